The van der Waals surface area contributed by atoms with Gasteiger partial charge in [-0.1, -0.05) is 6.92 Å². The first-order chi connectivity index (χ1) is 7.76. The van der Waals surface area contributed by atoms with Crippen molar-refractivity contribution in [3.8, 4) is 6.07 Å². The maximum atomic E-state index is 8.66. The molecule has 0 aliphatic carbocycles. The fourth-order valence-corrected chi connectivity index (χ4v) is 1.73. The molecule has 0 aliphatic rings. The predicted octanol–water partition coefficient (Wildman–Crippen LogP) is 2.88. The molecule has 0 saturated carbocycles. The lowest BCUT2D eigenvalue weighted by Crippen LogP contribution is -2.36. The molecule has 0 saturated heterocycles. The number of hydrogen-bond donors (Lipinski definition) is 1. The second-order valence-electron chi connectivity index (χ2n) is 4.15. The van der Waals surface area contributed by atoms with Crippen molar-refractivity contribution in [2.45, 2.75) is 51.6 Å². The lowest BCUT2D eigenvalue weighted by atomic mass is 10.1. The topological polar surface area (TPSA) is 49.0 Å². The Hall–Kier alpha value is -1.27. The summed E-state index contributed by atoms with van der Waals surface area (Å²) in [5.41, 5.74) is 0. The summed E-state index contributed by atoms with van der Waals surface area (Å²) in [4.78, 5) is 0. The minimum atomic E-state index is 0.316. The quantitative estimate of drug-likeness (QED) is 0.768. The molecule has 1 N–H and O–H groups in total. The summed E-state index contributed by atoms with van der Waals surface area (Å²) in [6, 6.07) is 6.86. The first kappa shape index (κ1) is 12.8. The maximum absolute atomic E-state index is 8.66. The smallest absolute Gasteiger partial charge is 0.103 e. The zero-order chi connectivity index (χ0) is 11.8. The first-order valence-electron chi connectivity index (χ1n) is 5.91. The van der Waals surface area contributed by atoms with Gasteiger partial charge in [-0.3, -0.25) is 0 Å². The van der Waals surface area contributed by atoms with Gasteiger partial charge in [-0.25, -0.2) is 0 Å². The summed E-state index contributed by atoms with van der Waals surface area (Å²) in [7, 11) is 0. The van der Waals surface area contributed by atoms with Crippen LogP contribution in [0.4, 0.5) is 0 Å². The van der Waals surface area contributed by atoms with Crippen molar-refractivity contribution in [2.75, 3.05) is 0 Å². The number of hydrogen-bond acceptors (Lipinski definition) is 3. The van der Waals surface area contributed by atoms with E-state index in [0.29, 0.717) is 18.5 Å². The molecule has 1 heterocycles. The van der Waals surface area contributed by atoms with Crippen LogP contribution in [0.15, 0.2) is 22.8 Å². The maximum Gasteiger partial charge on any atom is 0.103 e. The van der Waals surface area contributed by atoms with Gasteiger partial charge in [0.25, 0.3) is 0 Å². The van der Waals surface area contributed by atoms with Gasteiger partial charge in [0.2, 0.25) is 0 Å². The highest BCUT2D eigenvalue weighted by Gasteiger charge is 2.10. The average Bonchev–Trinajstić information content (AvgIpc) is 2.78. The molecule has 3 heteroatoms. The van der Waals surface area contributed by atoms with Crippen molar-refractivity contribution in [1.82, 2.24) is 5.32 Å². The summed E-state index contributed by atoms with van der Waals surface area (Å²) in [5.74, 6) is 1.03. The lowest BCUT2D eigenvalue weighted by molar-refractivity contribution is 0.406. The summed E-state index contributed by atoms with van der Waals surface area (Å²) < 4.78 is 5.28. The molecule has 2 unspecified atom stereocenters. The molecule has 0 amide bonds. The molecule has 0 spiro atoms. The molecule has 0 radical (unpaired) electrons. The minimum Gasteiger partial charge on any atom is -0.469 e. The molecule has 0 bridgehead atoms. The molecular weight excluding hydrogens is 200 g/mol. The van der Waals surface area contributed by atoms with Gasteiger partial charge in [0, 0.05) is 18.5 Å². The number of aryl methyl sites for hydroxylation is 1. The SMILES string of the molecule is CCC(CC#N)NC(C)CCc1ccco1. The molecule has 16 heavy (non-hydrogen) atoms. The molecule has 1 aromatic heterocycles. The van der Waals surface area contributed by atoms with E-state index in [-0.39, 0.29) is 0 Å². The van der Waals surface area contributed by atoms with E-state index >= 15 is 0 Å². The van der Waals surface area contributed by atoms with Gasteiger partial charge in [-0.2, -0.15) is 5.26 Å². The highest BCUT2D eigenvalue weighted by molar-refractivity contribution is 4.98. The fourth-order valence-electron chi connectivity index (χ4n) is 1.73. The van der Waals surface area contributed by atoms with Crippen LogP contribution in [-0.4, -0.2) is 12.1 Å². The van der Waals surface area contributed by atoms with Crippen LogP contribution in [-0.2, 0) is 6.42 Å². The second kappa shape index (κ2) is 7.08. The Morgan fingerprint density at radius 1 is 1.56 bits per heavy atom. The third-order valence-corrected chi connectivity index (χ3v) is 2.75. The zero-order valence-corrected chi connectivity index (χ0v) is 10.1. The largest absolute Gasteiger partial charge is 0.469 e. The summed E-state index contributed by atoms with van der Waals surface area (Å²) in [6.45, 7) is 4.26. The standard InChI is InChI=1S/C13H20N2O/c1-3-12(8-9-14)15-11(2)6-7-13-5-4-10-16-13/h4-5,10-12,15H,3,6-8H2,1-2H3. The van der Waals surface area contributed by atoms with Crippen molar-refractivity contribution in [3.63, 3.8) is 0 Å². The van der Waals surface area contributed by atoms with Crippen LogP contribution in [0.5, 0.6) is 0 Å². The van der Waals surface area contributed by atoms with Crippen LogP contribution in [0.2, 0.25) is 0 Å². The van der Waals surface area contributed by atoms with Crippen molar-refractivity contribution >= 4 is 0 Å². The van der Waals surface area contributed by atoms with Crippen LogP contribution < -0.4 is 5.32 Å². The van der Waals surface area contributed by atoms with Gasteiger partial charge in [0.05, 0.1) is 18.8 Å². The Kier molecular flexibility index (Phi) is 5.66. The third-order valence-electron chi connectivity index (χ3n) is 2.75. The molecule has 1 aromatic rings. The fraction of sp³-hybridized carbons (Fsp3) is 0.615. The van der Waals surface area contributed by atoms with Crippen molar-refractivity contribution in [1.29, 1.82) is 5.26 Å². The minimum absolute atomic E-state index is 0.316. The average molecular weight is 220 g/mol. The number of furan rings is 1. The van der Waals surface area contributed by atoms with Crippen LogP contribution in [0.25, 0.3) is 0 Å². The van der Waals surface area contributed by atoms with Gasteiger partial charge in [-0.05, 0) is 31.9 Å². The summed E-state index contributed by atoms with van der Waals surface area (Å²) in [5, 5.41) is 12.1. The number of nitrogens with one attached hydrogen (secondary N) is 1. The normalized spacial score (nSPS) is 14.3. The Morgan fingerprint density at radius 3 is 2.94 bits per heavy atom. The van der Waals surface area contributed by atoms with Crippen LogP contribution in [0.3, 0.4) is 0 Å². The first-order valence-corrected chi connectivity index (χ1v) is 5.91. The monoisotopic (exact) mass is 220 g/mol. The van der Waals surface area contributed by atoms with Crippen molar-refractivity contribution in [3.05, 3.63) is 24.2 Å². The van der Waals surface area contributed by atoms with E-state index < -0.39 is 0 Å². The molecule has 0 aliphatic heterocycles. The Bertz CT molecular complexity index is 313. The number of nitrogens with zero attached hydrogens (tertiary/aromatic N) is 1. The lowest BCUT2D eigenvalue weighted by Gasteiger charge is -2.19. The summed E-state index contributed by atoms with van der Waals surface area (Å²) >= 11 is 0. The third kappa shape index (κ3) is 4.50. The highest BCUT2D eigenvalue weighted by Crippen LogP contribution is 2.07. The highest BCUT2D eigenvalue weighted by atomic mass is 16.3. The van der Waals surface area contributed by atoms with E-state index in [9.17, 15) is 0 Å². The Morgan fingerprint density at radius 2 is 2.38 bits per heavy atom. The van der Waals surface area contributed by atoms with Gasteiger partial charge in [0.1, 0.15) is 5.76 Å². The van der Waals surface area contributed by atoms with Crippen molar-refractivity contribution in [2.24, 2.45) is 0 Å². The molecule has 3 nitrogen and oxygen atoms in total. The summed E-state index contributed by atoms with van der Waals surface area (Å²) in [6.07, 6.45) is 5.28. The molecule has 2 atom stereocenters. The van der Waals surface area contributed by atoms with E-state index in [1.807, 2.05) is 12.1 Å². The number of rotatable bonds is 7. The van der Waals surface area contributed by atoms with Crippen molar-refractivity contribution < 1.29 is 4.42 Å². The molecule has 0 fully saturated rings. The molecule has 0 aromatic carbocycles. The van der Waals surface area contributed by atoms with Crippen LogP contribution >= 0.6 is 0 Å². The molecule has 88 valence electrons. The second-order valence-corrected chi connectivity index (χ2v) is 4.15. The van der Waals surface area contributed by atoms with Gasteiger partial charge >= 0.3 is 0 Å². The van der Waals surface area contributed by atoms with E-state index in [0.717, 1.165) is 25.0 Å². The zero-order valence-electron chi connectivity index (χ0n) is 10.1. The van der Waals surface area contributed by atoms with E-state index in [4.69, 9.17) is 9.68 Å². The predicted molar refractivity (Wildman–Crippen MR) is 63.9 cm³/mol. The van der Waals surface area contributed by atoms with E-state index in [2.05, 4.69) is 25.2 Å². The molecular formula is C13H20N2O. The number of nitriles is 1. The molecule has 1 rings (SSSR count). The van der Waals surface area contributed by atoms with E-state index in [1.54, 1.807) is 6.26 Å². The van der Waals surface area contributed by atoms with Crippen LogP contribution in [0.1, 0.15) is 38.9 Å². The van der Waals surface area contributed by atoms with E-state index in [1.165, 1.54) is 0 Å². The Labute approximate surface area is 97.5 Å². The van der Waals surface area contributed by atoms with Gasteiger partial charge < -0.3 is 9.73 Å². The van der Waals surface area contributed by atoms with Crippen LogP contribution in [0, 0.1) is 11.3 Å². The van der Waals surface area contributed by atoms with Gasteiger partial charge in [-0.15, -0.1) is 0 Å². The van der Waals surface area contributed by atoms with Gasteiger partial charge in [0.15, 0.2) is 0 Å². The Balaban J connectivity index is 2.24.